The molecule has 1 aliphatic rings. The summed E-state index contributed by atoms with van der Waals surface area (Å²) in [5.74, 6) is 0.459. The maximum atomic E-state index is 12.2. The SMILES string of the molecule is CC1CCNC1C(=O)Nc1ccc(-c2ccccc2)cc1. The summed E-state index contributed by atoms with van der Waals surface area (Å²) < 4.78 is 0. The third-order valence-electron chi connectivity index (χ3n) is 4.07. The van der Waals surface area contributed by atoms with Crippen LogP contribution in [-0.2, 0) is 4.79 Å². The summed E-state index contributed by atoms with van der Waals surface area (Å²) in [5, 5.41) is 6.24. The Hall–Kier alpha value is -2.13. The zero-order valence-electron chi connectivity index (χ0n) is 12.2. The van der Waals surface area contributed by atoms with Crippen LogP contribution in [0.25, 0.3) is 11.1 Å². The maximum Gasteiger partial charge on any atom is 0.241 e. The molecule has 2 aromatic rings. The lowest BCUT2D eigenvalue weighted by Crippen LogP contribution is -2.39. The molecule has 1 fully saturated rings. The molecule has 0 bridgehead atoms. The highest BCUT2D eigenvalue weighted by Gasteiger charge is 2.29. The molecule has 21 heavy (non-hydrogen) atoms. The van der Waals surface area contributed by atoms with Crippen LogP contribution in [0.2, 0.25) is 0 Å². The second kappa shape index (κ2) is 6.10. The zero-order valence-corrected chi connectivity index (χ0v) is 12.2. The normalized spacial score (nSPS) is 21.2. The van der Waals surface area contributed by atoms with E-state index < -0.39 is 0 Å². The minimum absolute atomic E-state index is 0.0625. The molecule has 0 saturated carbocycles. The van der Waals surface area contributed by atoms with E-state index in [1.807, 2.05) is 42.5 Å². The van der Waals surface area contributed by atoms with Crippen LogP contribution in [0.15, 0.2) is 54.6 Å². The van der Waals surface area contributed by atoms with E-state index >= 15 is 0 Å². The third-order valence-corrected chi connectivity index (χ3v) is 4.07. The number of nitrogens with one attached hydrogen (secondary N) is 2. The lowest BCUT2D eigenvalue weighted by molar-refractivity contribution is -0.118. The van der Waals surface area contributed by atoms with Crippen molar-refractivity contribution in [2.24, 2.45) is 5.92 Å². The van der Waals surface area contributed by atoms with Crippen molar-refractivity contribution in [1.82, 2.24) is 5.32 Å². The van der Waals surface area contributed by atoms with Crippen molar-refractivity contribution in [3.63, 3.8) is 0 Å². The Labute approximate surface area is 125 Å². The molecular weight excluding hydrogens is 260 g/mol. The molecular formula is C18H20N2O. The van der Waals surface area contributed by atoms with Crippen molar-refractivity contribution >= 4 is 11.6 Å². The van der Waals surface area contributed by atoms with Gasteiger partial charge in [0.2, 0.25) is 5.91 Å². The summed E-state index contributed by atoms with van der Waals surface area (Å²) in [7, 11) is 0. The van der Waals surface area contributed by atoms with E-state index in [0.29, 0.717) is 5.92 Å². The molecule has 2 unspecified atom stereocenters. The van der Waals surface area contributed by atoms with Gasteiger partial charge in [0.1, 0.15) is 0 Å². The molecule has 108 valence electrons. The maximum absolute atomic E-state index is 12.2. The van der Waals surface area contributed by atoms with Gasteiger partial charge >= 0.3 is 0 Å². The van der Waals surface area contributed by atoms with Crippen LogP contribution >= 0.6 is 0 Å². The predicted molar refractivity (Wildman–Crippen MR) is 86.1 cm³/mol. The first-order valence-electron chi connectivity index (χ1n) is 7.44. The standard InChI is InChI=1S/C18H20N2O/c1-13-11-12-19-17(13)18(21)20-16-9-7-15(8-10-16)14-5-3-2-4-6-14/h2-10,13,17,19H,11-12H2,1H3,(H,20,21). The molecule has 2 N–H and O–H groups in total. The van der Waals surface area contributed by atoms with E-state index in [-0.39, 0.29) is 11.9 Å². The number of carbonyl (C=O) groups is 1. The zero-order chi connectivity index (χ0) is 14.7. The number of anilines is 1. The van der Waals surface area contributed by atoms with Crippen LogP contribution in [0.5, 0.6) is 0 Å². The first-order chi connectivity index (χ1) is 10.2. The van der Waals surface area contributed by atoms with Gasteiger partial charge in [0.25, 0.3) is 0 Å². The van der Waals surface area contributed by atoms with Gasteiger partial charge < -0.3 is 10.6 Å². The molecule has 3 heteroatoms. The average Bonchev–Trinajstić information content (AvgIpc) is 2.95. The second-order valence-corrected chi connectivity index (χ2v) is 5.63. The fraction of sp³-hybridized carbons (Fsp3) is 0.278. The van der Waals surface area contributed by atoms with Gasteiger partial charge in [0.05, 0.1) is 6.04 Å². The largest absolute Gasteiger partial charge is 0.325 e. The average molecular weight is 280 g/mol. The molecule has 1 heterocycles. The molecule has 3 nitrogen and oxygen atoms in total. The van der Waals surface area contributed by atoms with Crippen molar-refractivity contribution in [2.45, 2.75) is 19.4 Å². The van der Waals surface area contributed by atoms with Gasteiger partial charge in [-0.2, -0.15) is 0 Å². The van der Waals surface area contributed by atoms with Crippen LogP contribution < -0.4 is 10.6 Å². The molecule has 2 atom stereocenters. The fourth-order valence-electron chi connectivity index (χ4n) is 2.78. The van der Waals surface area contributed by atoms with Crippen molar-refractivity contribution in [1.29, 1.82) is 0 Å². The monoisotopic (exact) mass is 280 g/mol. The molecule has 0 aliphatic carbocycles. The number of hydrogen-bond acceptors (Lipinski definition) is 2. The number of amides is 1. The van der Waals surface area contributed by atoms with E-state index in [9.17, 15) is 4.79 Å². The number of carbonyl (C=O) groups excluding carboxylic acids is 1. The molecule has 1 amide bonds. The van der Waals surface area contributed by atoms with Gasteiger partial charge in [-0.15, -0.1) is 0 Å². The van der Waals surface area contributed by atoms with E-state index in [4.69, 9.17) is 0 Å². The van der Waals surface area contributed by atoms with Gasteiger partial charge in [0, 0.05) is 5.69 Å². The van der Waals surface area contributed by atoms with Crippen molar-refractivity contribution in [3.05, 3.63) is 54.6 Å². The van der Waals surface area contributed by atoms with E-state index in [0.717, 1.165) is 24.2 Å². The highest BCUT2D eigenvalue weighted by Crippen LogP contribution is 2.22. The Bertz CT molecular complexity index is 607. The van der Waals surface area contributed by atoms with Crippen LogP contribution in [0.1, 0.15) is 13.3 Å². The molecule has 0 radical (unpaired) electrons. The summed E-state index contributed by atoms with van der Waals surface area (Å²) in [6.45, 7) is 3.04. The highest BCUT2D eigenvalue weighted by atomic mass is 16.2. The highest BCUT2D eigenvalue weighted by molar-refractivity contribution is 5.95. The number of rotatable bonds is 3. The first kappa shape index (κ1) is 13.8. The summed E-state index contributed by atoms with van der Waals surface area (Å²) >= 11 is 0. The summed E-state index contributed by atoms with van der Waals surface area (Å²) in [4.78, 5) is 12.2. The number of benzene rings is 2. The van der Waals surface area contributed by atoms with Gasteiger partial charge in [0.15, 0.2) is 0 Å². The van der Waals surface area contributed by atoms with Gasteiger partial charge in [-0.1, -0.05) is 49.4 Å². The fourth-order valence-corrected chi connectivity index (χ4v) is 2.78. The van der Waals surface area contributed by atoms with E-state index in [2.05, 4.69) is 29.7 Å². The summed E-state index contributed by atoms with van der Waals surface area (Å²) in [6, 6.07) is 18.1. The molecule has 3 rings (SSSR count). The van der Waals surface area contributed by atoms with Crippen molar-refractivity contribution < 1.29 is 4.79 Å². The van der Waals surface area contributed by atoms with E-state index in [1.54, 1.807) is 0 Å². The lowest BCUT2D eigenvalue weighted by Gasteiger charge is -2.15. The van der Waals surface area contributed by atoms with Crippen LogP contribution in [0.4, 0.5) is 5.69 Å². The molecule has 2 aromatic carbocycles. The van der Waals surface area contributed by atoms with Crippen LogP contribution in [-0.4, -0.2) is 18.5 Å². The van der Waals surface area contributed by atoms with Crippen molar-refractivity contribution in [3.8, 4) is 11.1 Å². The minimum atomic E-state index is -0.0706. The molecule has 0 spiro atoms. The van der Waals surface area contributed by atoms with Gasteiger partial charge in [-0.3, -0.25) is 4.79 Å². The quantitative estimate of drug-likeness (QED) is 0.906. The Balaban J connectivity index is 1.69. The van der Waals surface area contributed by atoms with Gasteiger partial charge in [-0.25, -0.2) is 0 Å². The van der Waals surface area contributed by atoms with Crippen molar-refractivity contribution in [2.75, 3.05) is 11.9 Å². The Morgan fingerprint density at radius 1 is 1.05 bits per heavy atom. The topological polar surface area (TPSA) is 41.1 Å². The third kappa shape index (κ3) is 3.14. The molecule has 0 aromatic heterocycles. The van der Waals surface area contributed by atoms with Crippen LogP contribution in [0, 0.1) is 5.92 Å². The summed E-state index contributed by atoms with van der Waals surface area (Å²) in [6.07, 6.45) is 1.06. The van der Waals surface area contributed by atoms with Crippen LogP contribution in [0.3, 0.4) is 0 Å². The molecule has 1 saturated heterocycles. The van der Waals surface area contributed by atoms with Gasteiger partial charge in [-0.05, 0) is 42.1 Å². The first-order valence-corrected chi connectivity index (χ1v) is 7.44. The Kier molecular flexibility index (Phi) is 4.02. The number of hydrogen-bond donors (Lipinski definition) is 2. The smallest absolute Gasteiger partial charge is 0.241 e. The van der Waals surface area contributed by atoms with E-state index in [1.165, 1.54) is 5.56 Å². The second-order valence-electron chi connectivity index (χ2n) is 5.63. The lowest BCUT2D eigenvalue weighted by atomic mass is 10.0. The minimum Gasteiger partial charge on any atom is -0.325 e. The Morgan fingerprint density at radius 3 is 2.33 bits per heavy atom. The Morgan fingerprint density at radius 2 is 1.71 bits per heavy atom. The molecule has 1 aliphatic heterocycles. The predicted octanol–water partition coefficient (Wildman–Crippen LogP) is 3.29. The summed E-state index contributed by atoms with van der Waals surface area (Å²) in [5.41, 5.74) is 3.18.